The van der Waals surface area contributed by atoms with E-state index < -0.39 is 11.7 Å². The lowest BCUT2D eigenvalue weighted by Gasteiger charge is -2.22. The number of ether oxygens (including phenoxy) is 2. The van der Waals surface area contributed by atoms with Gasteiger partial charge in [0.2, 0.25) is 0 Å². The maximum absolute atomic E-state index is 13.0. The standard InChI is InChI=1S/C14H16F3NO2S/c15-14(16,17)12-7-10(1-2-11(12)13(18)21)20-8-9-3-5-19-6-4-9/h1-2,7,9H,3-6,8H2,(H2,18,21). The Kier molecular flexibility index (Phi) is 5.05. The third-order valence-electron chi connectivity index (χ3n) is 3.39. The minimum atomic E-state index is -4.52. The number of rotatable bonds is 4. The van der Waals surface area contributed by atoms with Gasteiger partial charge < -0.3 is 15.2 Å². The minimum absolute atomic E-state index is 0.175. The fraction of sp³-hybridized carbons (Fsp3) is 0.500. The normalized spacial score (nSPS) is 16.7. The van der Waals surface area contributed by atoms with Crippen LogP contribution in [0.3, 0.4) is 0 Å². The number of hydrogen-bond acceptors (Lipinski definition) is 3. The molecule has 0 spiro atoms. The third-order valence-corrected chi connectivity index (χ3v) is 3.61. The molecule has 1 aromatic rings. The molecule has 2 N–H and O–H groups in total. The SMILES string of the molecule is NC(=S)c1ccc(OCC2CCOCC2)cc1C(F)(F)F. The molecule has 0 bridgehead atoms. The third kappa shape index (κ3) is 4.31. The Balaban J connectivity index is 2.11. The molecule has 1 aliphatic rings. The number of benzene rings is 1. The van der Waals surface area contributed by atoms with Crippen molar-refractivity contribution in [1.29, 1.82) is 0 Å². The monoisotopic (exact) mass is 319 g/mol. The van der Waals surface area contributed by atoms with Crippen LogP contribution >= 0.6 is 12.2 Å². The summed E-state index contributed by atoms with van der Waals surface area (Å²) in [6.07, 6.45) is -2.80. The molecular weight excluding hydrogens is 303 g/mol. The Hall–Kier alpha value is -1.34. The molecule has 116 valence electrons. The van der Waals surface area contributed by atoms with E-state index in [1.165, 1.54) is 12.1 Å². The number of hydrogen-bond donors (Lipinski definition) is 1. The molecule has 0 saturated carbocycles. The second-order valence-electron chi connectivity index (χ2n) is 4.94. The van der Waals surface area contributed by atoms with Crippen LogP contribution < -0.4 is 10.5 Å². The fourth-order valence-corrected chi connectivity index (χ4v) is 2.37. The predicted octanol–water partition coefficient (Wildman–Crippen LogP) is 3.15. The van der Waals surface area contributed by atoms with Crippen molar-refractivity contribution in [2.45, 2.75) is 19.0 Å². The van der Waals surface area contributed by atoms with Crippen LogP contribution in [0.15, 0.2) is 18.2 Å². The summed E-state index contributed by atoms with van der Waals surface area (Å²) in [5.74, 6) is 0.483. The maximum Gasteiger partial charge on any atom is 0.417 e. The highest BCUT2D eigenvalue weighted by Gasteiger charge is 2.34. The molecule has 1 fully saturated rings. The van der Waals surface area contributed by atoms with Crippen molar-refractivity contribution < 1.29 is 22.6 Å². The molecule has 0 amide bonds. The molecule has 7 heteroatoms. The zero-order valence-electron chi connectivity index (χ0n) is 11.3. The molecular formula is C14H16F3NO2S. The summed E-state index contributed by atoms with van der Waals surface area (Å²) in [4.78, 5) is -0.279. The van der Waals surface area contributed by atoms with Crippen LogP contribution in [-0.2, 0) is 10.9 Å². The molecule has 0 radical (unpaired) electrons. The van der Waals surface area contributed by atoms with E-state index >= 15 is 0 Å². The molecule has 3 nitrogen and oxygen atoms in total. The highest BCUT2D eigenvalue weighted by atomic mass is 32.1. The van der Waals surface area contributed by atoms with E-state index in [0.717, 1.165) is 18.9 Å². The van der Waals surface area contributed by atoms with Gasteiger partial charge in [0.25, 0.3) is 0 Å². The molecule has 1 aromatic carbocycles. The summed E-state index contributed by atoms with van der Waals surface area (Å²) >= 11 is 4.65. The second kappa shape index (κ2) is 6.62. The quantitative estimate of drug-likeness (QED) is 0.866. The van der Waals surface area contributed by atoms with Crippen molar-refractivity contribution in [2.24, 2.45) is 11.7 Å². The van der Waals surface area contributed by atoms with Crippen LogP contribution in [0.1, 0.15) is 24.0 Å². The Bertz CT molecular complexity index is 513. The van der Waals surface area contributed by atoms with E-state index in [4.69, 9.17) is 15.2 Å². The van der Waals surface area contributed by atoms with Crippen LogP contribution in [0.25, 0.3) is 0 Å². The van der Waals surface area contributed by atoms with Crippen LogP contribution in [0.2, 0.25) is 0 Å². The van der Waals surface area contributed by atoms with Gasteiger partial charge >= 0.3 is 6.18 Å². The van der Waals surface area contributed by atoms with Gasteiger partial charge in [-0.2, -0.15) is 13.2 Å². The lowest BCUT2D eigenvalue weighted by molar-refractivity contribution is -0.137. The van der Waals surface area contributed by atoms with Gasteiger partial charge in [0.05, 0.1) is 12.2 Å². The highest BCUT2D eigenvalue weighted by molar-refractivity contribution is 7.80. The first-order valence-corrected chi connectivity index (χ1v) is 7.00. The smallest absolute Gasteiger partial charge is 0.417 e. The molecule has 2 rings (SSSR count). The topological polar surface area (TPSA) is 44.5 Å². The first-order valence-electron chi connectivity index (χ1n) is 6.59. The average molecular weight is 319 g/mol. The van der Waals surface area contributed by atoms with Gasteiger partial charge in [-0.25, -0.2) is 0 Å². The Morgan fingerprint density at radius 2 is 2.00 bits per heavy atom. The number of nitrogens with two attached hydrogens (primary N) is 1. The number of halogens is 3. The maximum atomic E-state index is 13.0. The summed E-state index contributed by atoms with van der Waals surface area (Å²) in [7, 11) is 0. The molecule has 21 heavy (non-hydrogen) atoms. The lowest BCUT2D eigenvalue weighted by Crippen LogP contribution is -2.22. The van der Waals surface area contributed by atoms with Crippen LogP contribution in [-0.4, -0.2) is 24.8 Å². The van der Waals surface area contributed by atoms with E-state index in [2.05, 4.69) is 12.2 Å². The average Bonchev–Trinajstić information content (AvgIpc) is 2.45. The lowest BCUT2D eigenvalue weighted by atomic mass is 10.0. The van der Waals surface area contributed by atoms with E-state index in [0.29, 0.717) is 25.7 Å². The van der Waals surface area contributed by atoms with E-state index in [9.17, 15) is 13.2 Å². The van der Waals surface area contributed by atoms with Crippen molar-refractivity contribution in [3.8, 4) is 5.75 Å². The zero-order chi connectivity index (χ0) is 15.5. The summed E-state index contributed by atoms with van der Waals surface area (Å²) in [5, 5.41) is 0. The van der Waals surface area contributed by atoms with Gasteiger partial charge in [-0.3, -0.25) is 0 Å². The molecule has 0 aromatic heterocycles. The first-order chi connectivity index (χ1) is 9.88. The molecule has 0 atom stereocenters. The minimum Gasteiger partial charge on any atom is -0.493 e. The highest BCUT2D eigenvalue weighted by Crippen LogP contribution is 2.34. The van der Waals surface area contributed by atoms with Crippen molar-refractivity contribution >= 4 is 17.2 Å². The van der Waals surface area contributed by atoms with Crippen LogP contribution in [0, 0.1) is 5.92 Å². The number of thiocarbonyl (C=S) groups is 1. The van der Waals surface area contributed by atoms with E-state index in [-0.39, 0.29) is 16.3 Å². The largest absolute Gasteiger partial charge is 0.493 e. The summed E-state index contributed by atoms with van der Waals surface area (Å²) in [6, 6.07) is 3.67. The van der Waals surface area contributed by atoms with E-state index in [1.54, 1.807) is 0 Å². The van der Waals surface area contributed by atoms with Crippen molar-refractivity contribution in [3.63, 3.8) is 0 Å². The van der Waals surface area contributed by atoms with Crippen molar-refractivity contribution in [1.82, 2.24) is 0 Å². The summed E-state index contributed by atoms with van der Waals surface area (Å²) in [6.45, 7) is 1.72. The first kappa shape index (κ1) is 16.0. The van der Waals surface area contributed by atoms with Gasteiger partial charge in [0.15, 0.2) is 0 Å². The Morgan fingerprint density at radius 3 is 2.57 bits per heavy atom. The molecule has 0 aliphatic carbocycles. The Labute approximate surface area is 126 Å². The van der Waals surface area contributed by atoms with Crippen LogP contribution in [0.5, 0.6) is 5.75 Å². The van der Waals surface area contributed by atoms with Gasteiger partial charge in [-0.1, -0.05) is 12.2 Å². The predicted molar refractivity (Wildman–Crippen MR) is 76.4 cm³/mol. The molecule has 1 aliphatic heterocycles. The van der Waals surface area contributed by atoms with Crippen LogP contribution in [0.4, 0.5) is 13.2 Å². The zero-order valence-corrected chi connectivity index (χ0v) is 12.1. The van der Waals surface area contributed by atoms with Crippen molar-refractivity contribution in [3.05, 3.63) is 29.3 Å². The fourth-order valence-electron chi connectivity index (χ4n) is 2.19. The number of alkyl halides is 3. The Morgan fingerprint density at radius 1 is 1.33 bits per heavy atom. The van der Waals surface area contributed by atoms with Gasteiger partial charge in [-0.05, 0) is 37.0 Å². The van der Waals surface area contributed by atoms with Gasteiger partial charge in [0.1, 0.15) is 10.7 Å². The molecule has 1 saturated heterocycles. The second-order valence-corrected chi connectivity index (χ2v) is 5.38. The van der Waals surface area contributed by atoms with Gasteiger partial charge in [-0.15, -0.1) is 0 Å². The molecule has 1 heterocycles. The summed E-state index contributed by atoms with van der Waals surface area (Å²) in [5.41, 5.74) is 4.28. The van der Waals surface area contributed by atoms with E-state index in [1.807, 2.05) is 0 Å². The molecule has 0 unspecified atom stereocenters. The van der Waals surface area contributed by atoms with Gasteiger partial charge in [0, 0.05) is 18.8 Å². The summed E-state index contributed by atoms with van der Waals surface area (Å²) < 4.78 is 49.7. The van der Waals surface area contributed by atoms with Crippen molar-refractivity contribution in [2.75, 3.05) is 19.8 Å².